The summed E-state index contributed by atoms with van der Waals surface area (Å²) in [5.41, 5.74) is 0. The predicted octanol–water partition coefficient (Wildman–Crippen LogP) is 5.29. The van der Waals surface area contributed by atoms with Crippen LogP contribution in [-0.2, 0) is 0 Å². The van der Waals surface area contributed by atoms with Gasteiger partial charge in [0.25, 0.3) is 0 Å². The van der Waals surface area contributed by atoms with Gasteiger partial charge >= 0.3 is 0 Å². The number of rotatable bonds is 4. The molecule has 1 heterocycles. The summed E-state index contributed by atoms with van der Waals surface area (Å²) in [7, 11) is 0. The summed E-state index contributed by atoms with van der Waals surface area (Å²) in [6.07, 6.45) is 0. The van der Waals surface area contributed by atoms with Gasteiger partial charge in [0.15, 0.2) is 0 Å². The van der Waals surface area contributed by atoms with Crippen molar-refractivity contribution in [3.8, 4) is 11.6 Å². The van der Waals surface area contributed by atoms with Crippen molar-refractivity contribution in [1.82, 2.24) is 4.98 Å². The Morgan fingerprint density at radius 2 is 1.94 bits per heavy atom. The molecule has 0 aliphatic carbocycles. The van der Waals surface area contributed by atoms with Crippen LogP contribution in [0.1, 0.15) is 6.92 Å². The molecule has 2 nitrogen and oxygen atoms in total. The fraction of sp³-hybridized carbons (Fsp3) is 0.154. The zero-order valence-electron chi connectivity index (χ0n) is 9.69. The Hall–Kier alpha value is -0.900. The lowest BCUT2D eigenvalue weighted by Crippen LogP contribution is -1.90. The second kappa shape index (κ2) is 6.32. The summed E-state index contributed by atoms with van der Waals surface area (Å²) in [6.45, 7) is 2.08. The first-order chi connectivity index (χ1) is 8.70. The summed E-state index contributed by atoms with van der Waals surface area (Å²) in [5.74, 6) is 1.99. The van der Waals surface area contributed by atoms with Crippen molar-refractivity contribution in [3.05, 3.63) is 46.4 Å². The molecule has 94 valence electrons. The van der Waals surface area contributed by atoms with Gasteiger partial charge in [-0.05, 0) is 24.0 Å². The van der Waals surface area contributed by atoms with E-state index in [1.807, 2.05) is 12.1 Å². The van der Waals surface area contributed by atoms with E-state index in [-0.39, 0.29) is 0 Å². The maximum Gasteiger partial charge on any atom is 0.220 e. The van der Waals surface area contributed by atoms with Crippen molar-refractivity contribution >= 4 is 35.0 Å². The van der Waals surface area contributed by atoms with E-state index in [0.29, 0.717) is 21.7 Å². The van der Waals surface area contributed by atoms with Crippen LogP contribution >= 0.6 is 35.0 Å². The fourth-order valence-electron chi connectivity index (χ4n) is 1.36. The Labute approximate surface area is 120 Å². The second-order valence-corrected chi connectivity index (χ2v) is 5.47. The van der Waals surface area contributed by atoms with Gasteiger partial charge in [0, 0.05) is 6.07 Å². The van der Waals surface area contributed by atoms with Crippen LogP contribution in [0.25, 0.3) is 0 Å². The van der Waals surface area contributed by atoms with Crippen molar-refractivity contribution in [1.29, 1.82) is 0 Å². The first-order valence-electron chi connectivity index (χ1n) is 5.42. The van der Waals surface area contributed by atoms with Crippen LogP contribution < -0.4 is 4.74 Å². The highest BCUT2D eigenvalue weighted by Crippen LogP contribution is 2.34. The number of pyridine rings is 1. The van der Waals surface area contributed by atoms with Crippen LogP contribution in [0, 0.1) is 0 Å². The molecule has 0 saturated heterocycles. The Bertz CT molecular complexity index is 548. The molecule has 0 unspecified atom stereocenters. The Balaban J connectivity index is 2.23. The number of benzene rings is 1. The van der Waals surface area contributed by atoms with Crippen LogP contribution in [0.5, 0.6) is 11.6 Å². The summed E-state index contributed by atoms with van der Waals surface area (Å²) in [5, 5.41) is 1.79. The summed E-state index contributed by atoms with van der Waals surface area (Å²) in [4.78, 5) is 4.37. The van der Waals surface area contributed by atoms with E-state index in [0.717, 1.165) is 10.8 Å². The van der Waals surface area contributed by atoms with Gasteiger partial charge in [-0.15, -0.1) is 11.8 Å². The molecule has 0 atom stereocenters. The number of ether oxygens (including phenoxy) is 1. The van der Waals surface area contributed by atoms with E-state index < -0.39 is 0 Å². The minimum absolute atomic E-state index is 0.398. The molecule has 0 aliphatic heterocycles. The average Bonchev–Trinajstić information content (AvgIpc) is 2.36. The molecule has 0 bridgehead atoms. The fourth-order valence-corrected chi connectivity index (χ4v) is 2.31. The van der Waals surface area contributed by atoms with Crippen LogP contribution in [-0.4, -0.2) is 10.7 Å². The number of thioether (sulfide) groups is 1. The predicted molar refractivity (Wildman–Crippen MR) is 77.2 cm³/mol. The van der Waals surface area contributed by atoms with Crippen molar-refractivity contribution in [2.24, 2.45) is 0 Å². The monoisotopic (exact) mass is 299 g/mol. The largest absolute Gasteiger partial charge is 0.437 e. The average molecular weight is 300 g/mol. The highest BCUT2D eigenvalue weighted by Gasteiger charge is 2.07. The molecule has 0 amide bonds. The number of halogens is 2. The molecule has 1 aromatic heterocycles. The minimum atomic E-state index is 0.398. The molecule has 5 heteroatoms. The first kappa shape index (κ1) is 13.5. The van der Waals surface area contributed by atoms with Crippen LogP contribution in [0.15, 0.2) is 41.4 Å². The van der Waals surface area contributed by atoms with Crippen molar-refractivity contribution < 1.29 is 4.74 Å². The van der Waals surface area contributed by atoms with E-state index >= 15 is 0 Å². The van der Waals surface area contributed by atoms with Crippen LogP contribution in [0.3, 0.4) is 0 Å². The van der Waals surface area contributed by atoms with Crippen molar-refractivity contribution in [3.63, 3.8) is 0 Å². The first-order valence-corrected chi connectivity index (χ1v) is 7.16. The highest BCUT2D eigenvalue weighted by molar-refractivity contribution is 7.99. The Morgan fingerprint density at radius 3 is 2.72 bits per heavy atom. The van der Waals surface area contributed by atoms with E-state index in [2.05, 4.69) is 11.9 Å². The minimum Gasteiger partial charge on any atom is -0.437 e. The summed E-state index contributed by atoms with van der Waals surface area (Å²) < 4.78 is 5.64. The third-order valence-corrected chi connectivity index (χ3v) is 3.73. The molecule has 0 saturated carbocycles. The summed E-state index contributed by atoms with van der Waals surface area (Å²) >= 11 is 13.6. The third-order valence-electron chi connectivity index (χ3n) is 2.12. The van der Waals surface area contributed by atoms with Gasteiger partial charge in [-0.2, -0.15) is 0 Å². The van der Waals surface area contributed by atoms with Gasteiger partial charge in [0.05, 0.1) is 5.02 Å². The lowest BCUT2D eigenvalue weighted by Gasteiger charge is -2.08. The normalized spacial score (nSPS) is 10.4. The van der Waals surface area contributed by atoms with Gasteiger partial charge in [-0.25, -0.2) is 4.98 Å². The lowest BCUT2D eigenvalue weighted by molar-refractivity contribution is 0.459. The molecule has 1 aromatic carbocycles. The quantitative estimate of drug-likeness (QED) is 0.716. The number of hydrogen-bond donors (Lipinski definition) is 0. The van der Waals surface area contributed by atoms with Gasteiger partial charge < -0.3 is 4.74 Å². The third kappa shape index (κ3) is 3.31. The molecule has 0 spiro atoms. The molecule has 18 heavy (non-hydrogen) atoms. The topological polar surface area (TPSA) is 22.1 Å². The number of hydrogen-bond acceptors (Lipinski definition) is 3. The van der Waals surface area contributed by atoms with Gasteiger partial charge in [0.2, 0.25) is 5.88 Å². The van der Waals surface area contributed by atoms with Crippen molar-refractivity contribution in [2.75, 3.05) is 5.75 Å². The molecule has 0 aliphatic rings. The molecule has 0 fully saturated rings. The van der Waals surface area contributed by atoms with E-state index in [9.17, 15) is 0 Å². The molecular weight excluding hydrogens is 289 g/mol. The molecular formula is C13H11Cl2NOS. The van der Waals surface area contributed by atoms with Crippen LogP contribution in [0.4, 0.5) is 0 Å². The van der Waals surface area contributed by atoms with Gasteiger partial charge in [-0.3, -0.25) is 0 Å². The zero-order chi connectivity index (χ0) is 13.0. The standard InChI is InChI=1S/C13H11Cl2NOS/c1-2-18-12-8-4-7-11(16-12)17-10-6-3-5-9(14)13(10)15/h3-8H,2H2,1H3. The molecule has 2 rings (SSSR count). The Kier molecular flexibility index (Phi) is 4.75. The maximum atomic E-state index is 6.05. The highest BCUT2D eigenvalue weighted by atomic mass is 35.5. The Morgan fingerprint density at radius 1 is 1.17 bits per heavy atom. The van der Waals surface area contributed by atoms with Gasteiger partial charge in [0.1, 0.15) is 15.8 Å². The van der Waals surface area contributed by atoms with Crippen LogP contribution in [0.2, 0.25) is 10.0 Å². The second-order valence-electron chi connectivity index (χ2n) is 3.40. The van der Waals surface area contributed by atoms with E-state index in [1.165, 1.54) is 0 Å². The van der Waals surface area contributed by atoms with E-state index in [4.69, 9.17) is 27.9 Å². The van der Waals surface area contributed by atoms with E-state index in [1.54, 1.807) is 36.0 Å². The lowest BCUT2D eigenvalue weighted by atomic mass is 10.3. The molecule has 0 N–H and O–H groups in total. The maximum absolute atomic E-state index is 6.05. The summed E-state index contributed by atoms with van der Waals surface area (Å²) in [6, 6.07) is 10.9. The van der Waals surface area contributed by atoms with Crippen molar-refractivity contribution in [2.45, 2.75) is 11.9 Å². The molecule has 0 radical (unpaired) electrons. The number of aromatic nitrogens is 1. The SMILES string of the molecule is CCSc1cccc(Oc2cccc(Cl)c2Cl)n1. The zero-order valence-corrected chi connectivity index (χ0v) is 12.0. The number of nitrogens with zero attached hydrogens (tertiary/aromatic N) is 1. The van der Waals surface area contributed by atoms with Gasteiger partial charge in [-0.1, -0.05) is 42.3 Å². The molecule has 2 aromatic rings. The smallest absolute Gasteiger partial charge is 0.220 e.